The fraction of sp³-hybridized carbons (Fsp3) is 0.556. The zero-order valence-corrected chi connectivity index (χ0v) is 19.3. The molecule has 0 saturated heterocycles. The minimum atomic E-state index is -0.358. The summed E-state index contributed by atoms with van der Waals surface area (Å²) in [6.07, 6.45) is 7.07. The van der Waals surface area contributed by atoms with Crippen molar-refractivity contribution in [1.29, 1.82) is 0 Å². The molecule has 1 aliphatic carbocycles. The summed E-state index contributed by atoms with van der Waals surface area (Å²) in [5.74, 6) is 2.29. The van der Waals surface area contributed by atoms with Gasteiger partial charge in [0, 0.05) is 0 Å². The number of benzene rings is 2. The summed E-state index contributed by atoms with van der Waals surface area (Å²) >= 11 is 0. The Morgan fingerprint density at radius 1 is 0.900 bits per heavy atom. The SMILES string of the molecule is CCC(C)c1ccc(OC(OC2CCCCC2)C(C)(C)c2ccc(OC)cc2)cc1. The van der Waals surface area contributed by atoms with Crippen molar-refractivity contribution >= 4 is 0 Å². The Morgan fingerprint density at radius 2 is 1.50 bits per heavy atom. The molecule has 2 aromatic rings. The van der Waals surface area contributed by atoms with Crippen molar-refractivity contribution < 1.29 is 14.2 Å². The van der Waals surface area contributed by atoms with Gasteiger partial charge in [0.1, 0.15) is 11.5 Å². The van der Waals surface area contributed by atoms with Gasteiger partial charge in [-0.3, -0.25) is 0 Å². The first-order valence-corrected chi connectivity index (χ1v) is 11.5. The lowest BCUT2D eigenvalue weighted by atomic mass is 9.83. The highest BCUT2D eigenvalue weighted by Crippen LogP contribution is 2.35. The number of methoxy groups -OCH3 is 1. The average Bonchev–Trinajstić information content (AvgIpc) is 2.79. The fourth-order valence-corrected chi connectivity index (χ4v) is 4.11. The van der Waals surface area contributed by atoms with Crippen LogP contribution in [0.2, 0.25) is 0 Å². The molecule has 2 aromatic carbocycles. The van der Waals surface area contributed by atoms with Crippen molar-refractivity contribution in [1.82, 2.24) is 0 Å². The molecule has 0 aromatic heterocycles. The third kappa shape index (κ3) is 5.57. The number of hydrogen-bond acceptors (Lipinski definition) is 3. The number of hydrogen-bond donors (Lipinski definition) is 0. The van der Waals surface area contributed by atoms with Crippen molar-refractivity contribution in [3.8, 4) is 11.5 Å². The summed E-state index contributed by atoms with van der Waals surface area (Å²) in [4.78, 5) is 0. The van der Waals surface area contributed by atoms with Crippen LogP contribution in [0.1, 0.15) is 83.3 Å². The molecule has 1 aliphatic rings. The van der Waals surface area contributed by atoms with Crippen LogP contribution in [0.3, 0.4) is 0 Å². The van der Waals surface area contributed by atoms with Gasteiger partial charge in [0.05, 0.1) is 18.6 Å². The molecular formula is C27H38O3. The Hall–Kier alpha value is -2.00. The highest BCUT2D eigenvalue weighted by molar-refractivity contribution is 5.33. The van der Waals surface area contributed by atoms with E-state index in [1.807, 2.05) is 12.1 Å². The van der Waals surface area contributed by atoms with E-state index in [0.29, 0.717) is 5.92 Å². The van der Waals surface area contributed by atoms with Crippen LogP contribution < -0.4 is 9.47 Å². The van der Waals surface area contributed by atoms with Crippen LogP contribution in [0.4, 0.5) is 0 Å². The number of ether oxygens (including phenoxy) is 3. The van der Waals surface area contributed by atoms with E-state index in [1.165, 1.54) is 30.4 Å². The van der Waals surface area contributed by atoms with Crippen molar-refractivity contribution in [3.63, 3.8) is 0 Å². The highest BCUT2D eigenvalue weighted by atomic mass is 16.7. The van der Waals surface area contributed by atoms with Crippen LogP contribution in [0.25, 0.3) is 0 Å². The van der Waals surface area contributed by atoms with Gasteiger partial charge in [-0.05, 0) is 74.4 Å². The van der Waals surface area contributed by atoms with Crippen LogP contribution in [0, 0.1) is 0 Å². The summed E-state index contributed by atoms with van der Waals surface area (Å²) in [6, 6.07) is 16.8. The Kier molecular flexibility index (Phi) is 7.82. The molecular weight excluding hydrogens is 372 g/mol. The molecule has 164 valence electrons. The molecule has 0 heterocycles. The minimum absolute atomic E-state index is 0.265. The van der Waals surface area contributed by atoms with E-state index in [2.05, 4.69) is 64.1 Å². The molecule has 3 rings (SSSR count). The minimum Gasteiger partial charge on any atom is -0.497 e. The summed E-state index contributed by atoms with van der Waals surface area (Å²) in [5, 5.41) is 0. The van der Waals surface area contributed by atoms with Gasteiger partial charge in [-0.2, -0.15) is 0 Å². The quantitative estimate of drug-likeness (QED) is 0.408. The van der Waals surface area contributed by atoms with Crippen LogP contribution >= 0.6 is 0 Å². The summed E-state index contributed by atoms with van der Waals surface area (Å²) in [5.41, 5.74) is 2.23. The van der Waals surface area contributed by atoms with E-state index in [4.69, 9.17) is 14.2 Å². The molecule has 0 amide bonds. The van der Waals surface area contributed by atoms with Gasteiger partial charge < -0.3 is 14.2 Å². The molecule has 0 radical (unpaired) electrons. The second-order valence-corrected chi connectivity index (χ2v) is 9.17. The van der Waals surface area contributed by atoms with E-state index in [-0.39, 0.29) is 17.8 Å². The maximum atomic E-state index is 6.62. The van der Waals surface area contributed by atoms with E-state index < -0.39 is 0 Å². The fourth-order valence-electron chi connectivity index (χ4n) is 4.11. The molecule has 0 N–H and O–H groups in total. The molecule has 1 fully saturated rings. The molecule has 0 aliphatic heterocycles. The van der Waals surface area contributed by atoms with Gasteiger partial charge in [-0.15, -0.1) is 0 Å². The molecule has 2 unspecified atom stereocenters. The third-order valence-corrected chi connectivity index (χ3v) is 6.60. The zero-order chi connectivity index (χ0) is 21.6. The lowest BCUT2D eigenvalue weighted by Crippen LogP contribution is -2.43. The smallest absolute Gasteiger partial charge is 0.209 e. The Bertz CT molecular complexity index is 758. The van der Waals surface area contributed by atoms with Crippen LogP contribution in [0.5, 0.6) is 11.5 Å². The van der Waals surface area contributed by atoms with Crippen molar-refractivity contribution in [2.45, 2.75) is 89.9 Å². The van der Waals surface area contributed by atoms with Crippen molar-refractivity contribution in [3.05, 3.63) is 59.7 Å². The zero-order valence-electron chi connectivity index (χ0n) is 19.3. The van der Waals surface area contributed by atoms with Gasteiger partial charge in [-0.25, -0.2) is 0 Å². The normalized spacial score (nSPS) is 17.4. The Balaban J connectivity index is 1.83. The van der Waals surface area contributed by atoms with Gasteiger partial charge in [0.25, 0.3) is 0 Å². The third-order valence-electron chi connectivity index (χ3n) is 6.60. The van der Waals surface area contributed by atoms with Gasteiger partial charge in [0.15, 0.2) is 0 Å². The lowest BCUT2D eigenvalue weighted by Gasteiger charge is -2.38. The summed E-state index contributed by atoms with van der Waals surface area (Å²) in [6.45, 7) is 8.89. The van der Waals surface area contributed by atoms with E-state index in [1.54, 1.807) is 7.11 Å². The van der Waals surface area contributed by atoms with E-state index in [0.717, 1.165) is 30.8 Å². The van der Waals surface area contributed by atoms with Gasteiger partial charge in [-0.1, -0.05) is 57.4 Å². The molecule has 0 bridgehead atoms. The first kappa shape index (κ1) is 22.7. The van der Waals surface area contributed by atoms with Crippen molar-refractivity contribution in [2.75, 3.05) is 7.11 Å². The summed E-state index contributed by atoms with van der Waals surface area (Å²) in [7, 11) is 1.70. The number of rotatable bonds is 9. The van der Waals surface area contributed by atoms with Gasteiger partial charge >= 0.3 is 0 Å². The maximum absolute atomic E-state index is 6.62. The maximum Gasteiger partial charge on any atom is 0.209 e. The molecule has 0 spiro atoms. The lowest BCUT2D eigenvalue weighted by molar-refractivity contribution is -0.160. The highest BCUT2D eigenvalue weighted by Gasteiger charge is 2.36. The second kappa shape index (κ2) is 10.3. The second-order valence-electron chi connectivity index (χ2n) is 9.17. The first-order chi connectivity index (χ1) is 14.4. The largest absolute Gasteiger partial charge is 0.497 e. The molecule has 30 heavy (non-hydrogen) atoms. The van der Waals surface area contributed by atoms with E-state index >= 15 is 0 Å². The van der Waals surface area contributed by atoms with Crippen LogP contribution in [-0.2, 0) is 10.2 Å². The Morgan fingerprint density at radius 3 is 2.07 bits per heavy atom. The monoisotopic (exact) mass is 410 g/mol. The molecule has 2 atom stereocenters. The predicted molar refractivity (Wildman–Crippen MR) is 124 cm³/mol. The summed E-state index contributed by atoms with van der Waals surface area (Å²) < 4.78 is 18.5. The average molecular weight is 411 g/mol. The van der Waals surface area contributed by atoms with Gasteiger partial charge in [0.2, 0.25) is 6.29 Å². The first-order valence-electron chi connectivity index (χ1n) is 11.5. The van der Waals surface area contributed by atoms with E-state index in [9.17, 15) is 0 Å². The molecule has 1 saturated carbocycles. The topological polar surface area (TPSA) is 27.7 Å². The van der Waals surface area contributed by atoms with Crippen LogP contribution in [-0.4, -0.2) is 19.5 Å². The van der Waals surface area contributed by atoms with Crippen molar-refractivity contribution in [2.24, 2.45) is 0 Å². The predicted octanol–water partition coefficient (Wildman–Crippen LogP) is 7.24. The molecule has 3 nitrogen and oxygen atoms in total. The molecule has 3 heteroatoms. The van der Waals surface area contributed by atoms with Crippen LogP contribution in [0.15, 0.2) is 48.5 Å². The standard InChI is InChI=1S/C27H38O3/c1-6-20(2)21-12-16-25(17-13-21)30-26(29-24-10-8-7-9-11-24)27(3,4)22-14-18-23(28-5)19-15-22/h12-20,24,26H,6-11H2,1-5H3. The Labute approximate surface area is 182 Å².